The Kier molecular flexibility index (Phi) is 3.35. The van der Waals surface area contributed by atoms with E-state index in [0.717, 1.165) is 25.4 Å². The van der Waals surface area contributed by atoms with Gasteiger partial charge in [0.1, 0.15) is 5.75 Å². The Hall–Kier alpha value is -1.09. The second-order valence-electron chi connectivity index (χ2n) is 3.71. The van der Waals surface area contributed by atoms with Crippen molar-refractivity contribution in [2.45, 2.75) is 12.8 Å². The molecule has 1 N–H and O–H groups in total. The molecule has 2 heterocycles. The van der Waals surface area contributed by atoms with E-state index in [1.807, 2.05) is 12.1 Å². The standard InChI is InChI=1S/C11H16N2O/c1-2-10(8-13-5-1)9-14-11-3-6-12-7-4-11/h3-4,6-7,10,13H,1-2,5,8-9H2/t10-/m0/s1. The molecule has 1 aromatic heterocycles. The normalized spacial score (nSPS) is 21.9. The Bertz CT molecular complexity index is 257. The molecule has 0 bridgehead atoms. The van der Waals surface area contributed by atoms with Gasteiger partial charge in [0.25, 0.3) is 0 Å². The zero-order valence-electron chi connectivity index (χ0n) is 8.28. The molecule has 0 amide bonds. The third kappa shape index (κ3) is 2.70. The average Bonchev–Trinajstić information content (AvgIpc) is 2.29. The number of piperidine rings is 1. The molecule has 3 heteroatoms. The van der Waals surface area contributed by atoms with Gasteiger partial charge in [-0.2, -0.15) is 0 Å². The van der Waals surface area contributed by atoms with E-state index in [4.69, 9.17) is 4.74 Å². The number of pyridine rings is 1. The Labute approximate surface area is 84.5 Å². The Balaban J connectivity index is 1.76. The number of ether oxygens (including phenoxy) is 1. The SMILES string of the molecule is c1cc(OC[C@H]2CCCNC2)ccn1. The summed E-state index contributed by atoms with van der Waals surface area (Å²) < 4.78 is 5.67. The molecule has 0 spiro atoms. The van der Waals surface area contributed by atoms with Crippen molar-refractivity contribution in [2.24, 2.45) is 5.92 Å². The second-order valence-corrected chi connectivity index (χ2v) is 3.71. The quantitative estimate of drug-likeness (QED) is 0.787. The van der Waals surface area contributed by atoms with Crippen LogP contribution in [-0.4, -0.2) is 24.7 Å². The van der Waals surface area contributed by atoms with Gasteiger partial charge in [-0.1, -0.05) is 0 Å². The molecule has 1 aliphatic heterocycles. The minimum atomic E-state index is 0.664. The van der Waals surface area contributed by atoms with Crippen LogP contribution >= 0.6 is 0 Å². The maximum atomic E-state index is 5.67. The van der Waals surface area contributed by atoms with Gasteiger partial charge in [-0.25, -0.2) is 0 Å². The molecule has 0 aromatic carbocycles. The third-order valence-corrected chi connectivity index (χ3v) is 2.53. The van der Waals surface area contributed by atoms with Crippen molar-refractivity contribution in [1.29, 1.82) is 0 Å². The van der Waals surface area contributed by atoms with E-state index >= 15 is 0 Å². The van der Waals surface area contributed by atoms with E-state index in [2.05, 4.69) is 10.3 Å². The monoisotopic (exact) mass is 192 g/mol. The minimum absolute atomic E-state index is 0.664. The molecular formula is C11H16N2O. The zero-order chi connectivity index (χ0) is 9.64. The van der Waals surface area contributed by atoms with Crippen LogP contribution in [0.5, 0.6) is 5.75 Å². The second kappa shape index (κ2) is 4.96. The van der Waals surface area contributed by atoms with E-state index in [0.29, 0.717) is 5.92 Å². The first-order valence-electron chi connectivity index (χ1n) is 5.19. The van der Waals surface area contributed by atoms with Crippen LogP contribution in [0.3, 0.4) is 0 Å². The van der Waals surface area contributed by atoms with Gasteiger partial charge < -0.3 is 10.1 Å². The van der Waals surface area contributed by atoms with Gasteiger partial charge in [0, 0.05) is 24.9 Å². The molecule has 1 atom stereocenters. The van der Waals surface area contributed by atoms with Crippen molar-refractivity contribution in [3.8, 4) is 5.75 Å². The Morgan fingerprint density at radius 1 is 1.43 bits per heavy atom. The predicted molar refractivity (Wildman–Crippen MR) is 55.3 cm³/mol. The van der Waals surface area contributed by atoms with Gasteiger partial charge in [-0.15, -0.1) is 0 Å². The van der Waals surface area contributed by atoms with Gasteiger partial charge in [-0.3, -0.25) is 4.98 Å². The van der Waals surface area contributed by atoms with Crippen molar-refractivity contribution in [3.63, 3.8) is 0 Å². The number of hydrogen-bond acceptors (Lipinski definition) is 3. The topological polar surface area (TPSA) is 34.1 Å². The van der Waals surface area contributed by atoms with Crippen LogP contribution in [0.4, 0.5) is 0 Å². The van der Waals surface area contributed by atoms with E-state index in [1.54, 1.807) is 12.4 Å². The zero-order valence-corrected chi connectivity index (χ0v) is 8.28. The van der Waals surface area contributed by atoms with Crippen LogP contribution in [0.1, 0.15) is 12.8 Å². The van der Waals surface area contributed by atoms with Crippen LogP contribution in [0.15, 0.2) is 24.5 Å². The smallest absolute Gasteiger partial charge is 0.122 e. The number of rotatable bonds is 3. The fraction of sp³-hybridized carbons (Fsp3) is 0.545. The van der Waals surface area contributed by atoms with Gasteiger partial charge in [0.05, 0.1) is 6.61 Å². The lowest BCUT2D eigenvalue weighted by molar-refractivity contribution is 0.218. The Morgan fingerprint density at radius 2 is 2.29 bits per heavy atom. The number of aromatic nitrogens is 1. The molecule has 3 nitrogen and oxygen atoms in total. The summed E-state index contributed by atoms with van der Waals surface area (Å²) in [6.45, 7) is 3.06. The molecule has 1 aliphatic rings. The van der Waals surface area contributed by atoms with E-state index < -0.39 is 0 Å². The lowest BCUT2D eigenvalue weighted by Crippen LogP contribution is -2.33. The molecule has 76 valence electrons. The first-order valence-corrected chi connectivity index (χ1v) is 5.19. The van der Waals surface area contributed by atoms with Crippen molar-refractivity contribution in [2.75, 3.05) is 19.7 Å². The summed E-state index contributed by atoms with van der Waals surface area (Å²) >= 11 is 0. The minimum Gasteiger partial charge on any atom is -0.493 e. The summed E-state index contributed by atoms with van der Waals surface area (Å²) in [4.78, 5) is 3.95. The number of hydrogen-bond donors (Lipinski definition) is 1. The maximum absolute atomic E-state index is 5.67. The summed E-state index contributed by atoms with van der Waals surface area (Å²) in [5.41, 5.74) is 0. The summed E-state index contributed by atoms with van der Waals surface area (Å²) in [6, 6.07) is 3.80. The first kappa shape index (κ1) is 9.46. The van der Waals surface area contributed by atoms with Crippen molar-refractivity contribution in [1.82, 2.24) is 10.3 Å². The van der Waals surface area contributed by atoms with Gasteiger partial charge >= 0.3 is 0 Å². The molecule has 0 unspecified atom stereocenters. The molecule has 1 aromatic rings. The van der Waals surface area contributed by atoms with Gasteiger partial charge in [0.15, 0.2) is 0 Å². The summed E-state index contributed by atoms with van der Waals surface area (Å²) in [5, 5.41) is 3.38. The highest BCUT2D eigenvalue weighted by molar-refractivity contribution is 5.16. The largest absolute Gasteiger partial charge is 0.493 e. The molecule has 1 saturated heterocycles. The lowest BCUT2D eigenvalue weighted by Gasteiger charge is -2.22. The highest BCUT2D eigenvalue weighted by Crippen LogP contribution is 2.13. The number of nitrogens with zero attached hydrogens (tertiary/aromatic N) is 1. The van der Waals surface area contributed by atoms with Gasteiger partial charge in [-0.05, 0) is 31.5 Å². The van der Waals surface area contributed by atoms with Crippen LogP contribution in [-0.2, 0) is 0 Å². The van der Waals surface area contributed by atoms with Gasteiger partial charge in [0.2, 0.25) is 0 Å². The first-order chi connectivity index (χ1) is 6.95. The van der Waals surface area contributed by atoms with E-state index in [-0.39, 0.29) is 0 Å². The molecule has 1 fully saturated rings. The summed E-state index contributed by atoms with van der Waals surface area (Å²) in [5.74, 6) is 1.59. The summed E-state index contributed by atoms with van der Waals surface area (Å²) in [6.07, 6.45) is 6.06. The highest BCUT2D eigenvalue weighted by Gasteiger charge is 2.13. The molecular weight excluding hydrogens is 176 g/mol. The maximum Gasteiger partial charge on any atom is 0.122 e. The van der Waals surface area contributed by atoms with Crippen LogP contribution in [0.2, 0.25) is 0 Å². The van der Waals surface area contributed by atoms with Crippen LogP contribution in [0, 0.1) is 5.92 Å². The predicted octanol–water partition coefficient (Wildman–Crippen LogP) is 1.46. The molecule has 14 heavy (non-hydrogen) atoms. The fourth-order valence-electron chi connectivity index (χ4n) is 1.71. The fourth-order valence-corrected chi connectivity index (χ4v) is 1.71. The number of nitrogens with one attached hydrogen (secondary N) is 1. The lowest BCUT2D eigenvalue weighted by atomic mass is 10.0. The van der Waals surface area contributed by atoms with E-state index in [9.17, 15) is 0 Å². The summed E-state index contributed by atoms with van der Waals surface area (Å²) in [7, 11) is 0. The average molecular weight is 192 g/mol. The molecule has 2 rings (SSSR count). The van der Waals surface area contributed by atoms with Crippen LogP contribution < -0.4 is 10.1 Å². The third-order valence-electron chi connectivity index (χ3n) is 2.53. The molecule has 0 radical (unpaired) electrons. The van der Waals surface area contributed by atoms with Crippen LogP contribution in [0.25, 0.3) is 0 Å². The molecule has 0 saturated carbocycles. The van der Waals surface area contributed by atoms with Crippen molar-refractivity contribution >= 4 is 0 Å². The van der Waals surface area contributed by atoms with E-state index in [1.165, 1.54) is 12.8 Å². The molecule has 0 aliphatic carbocycles. The highest BCUT2D eigenvalue weighted by atomic mass is 16.5. The van der Waals surface area contributed by atoms with Crippen molar-refractivity contribution < 1.29 is 4.74 Å². The Morgan fingerprint density at radius 3 is 3.00 bits per heavy atom. The van der Waals surface area contributed by atoms with Crippen molar-refractivity contribution in [3.05, 3.63) is 24.5 Å².